The fourth-order valence-electron chi connectivity index (χ4n) is 5.67. The number of benzene rings is 1. The third kappa shape index (κ3) is 2.87. The van der Waals surface area contributed by atoms with Crippen LogP contribution in [0.4, 0.5) is 4.39 Å². The van der Waals surface area contributed by atoms with Crippen molar-refractivity contribution in [2.75, 3.05) is 20.6 Å². The standard InChI is InChI=1S/C22H31FN2O/c1-25(2)22(17-7-4-8-18(23)14-17)11-9-21(10-12-22)15-24-20(26)19(21)13-16-5-3-6-16/h4,7-8,14,16,19H,3,5-6,9-13,15H2,1-2H3,(H,24,26). The van der Waals surface area contributed by atoms with Crippen LogP contribution in [0.15, 0.2) is 24.3 Å². The quantitative estimate of drug-likeness (QED) is 0.880. The Morgan fingerprint density at radius 2 is 1.92 bits per heavy atom. The minimum atomic E-state index is -0.162. The Kier molecular flexibility index (Phi) is 4.58. The normalized spacial score (nSPS) is 34.9. The van der Waals surface area contributed by atoms with Crippen LogP contribution in [0.5, 0.6) is 0 Å². The zero-order chi connectivity index (χ0) is 18.4. The number of halogens is 1. The number of amides is 1. The zero-order valence-corrected chi connectivity index (χ0v) is 16.1. The van der Waals surface area contributed by atoms with E-state index in [2.05, 4.69) is 30.4 Å². The Morgan fingerprint density at radius 1 is 1.19 bits per heavy atom. The lowest BCUT2D eigenvalue weighted by Crippen LogP contribution is -2.49. The van der Waals surface area contributed by atoms with Gasteiger partial charge in [0.25, 0.3) is 0 Å². The summed E-state index contributed by atoms with van der Waals surface area (Å²) in [5.74, 6) is 1.05. The molecule has 1 atom stereocenters. The van der Waals surface area contributed by atoms with Crippen molar-refractivity contribution >= 4 is 5.91 Å². The van der Waals surface area contributed by atoms with Gasteiger partial charge in [0.15, 0.2) is 0 Å². The van der Waals surface area contributed by atoms with Crippen LogP contribution in [0.2, 0.25) is 0 Å². The molecule has 1 aliphatic heterocycles. The molecule has 1 N–H and O–H groups in total. The van der Waals surface area contributed by atoms with Crippen LogP contribution in [0.1, 0.15) is 56.9 Å². The van der Waals surface area contributed by atoms with Gasteiger partial charge < -0.3 is 5.32 Å². The van der Waals surface area contributed by atoms with Gasteiger partial charge in [-0.1, -0.05) is 31.4 Å². The lowest BCUT2D eigenvalue weighted by Gasteiger charge is -2.50. The van der Waals surface area contributed by atoms with E-state index in [9.17, 15) is 9.18 Å². The van der Waals surface area contributed by atoms with Crippen molar-refractivity contribution in [2.45, 2.75) is 56.9 Å². The maximum absolute atomic E-state index is 13.9. The highest BCUT2D eigenvalue weighted by atomic mass is 19.1. The van der Waals surface area contributed by atoms with Gasteiger partial charge in [-0.3, -0.25) is 9.69 Å². The van der Waals surface area contributed by atoms with Gasteiger partial charge in [0.1, 0.15) is 5.82 Å². The molecule has 4 rings (SSSR count). The molecule has 26 heavy (non-hydrogen) atoms. The van der Waals surface area contributed by atoms with E-state index in [0.29, 0.717) is 0 Å². The van der Waals surface area contributed by atoms with E-state index in [1.165, 1.54) is 25.3 Å². The Hall–Kier alpha value is -1.42. The number of carbonyl (C=O) groups is 1. The Morgan fingerprint density at radius 3 is 2.50 bits per heavy atom. The van der Waals surface area contributed by atoms with Gasteiger partial charge in [0.2, 0.25) is 5.91 Å². The summed E-state index contributed by atoms with van der Waals surface area (Å²) < 4.78 is 13.9. The molecule has 1 saturated heterocycles. The first-order valence-corrected chi connectivity index (χ1v) is 10.2. The lowest BCUT2D eigenvalue weighted by molar-refractivity contribution is -0.126. The molecule has 1 heterocycles. The van der Waals surface area contributed by atoms with Gasteiger partial charge in [0, 0.05) is 18.0 Å². The molecule has 0 bridgehead atoms. The van der Waals surface area contributed by atoms with E-state index >= 15 is 0 Å². The first-order valence-electron chi connectivity index (χ1n) is 10.2. The van der Waals surface area contributed by atoms with Gasteiger partial charge in [0.05, 0.1) is 0 Å². The molecule has 3 nitrogen and oxygen atoms in total. The molecule has 4 heteroatoms. The predicted octanol–water partition coefficient (Wildman–Crippen LogP) is 4.08. The van der Waals surface area contributed by atoms with Crippen LogP contribution in [0.3, 0.4) is 0 Å². The number of rotatable bonds is 4. The highest BCUT2D eigenvalue weighted by Crippen LogP contribution is 2.54. The summed E-state index contributed by atoms with van der Waals surface area (Å²) in [4.78, 5) is 14.8. The summed E-state index contributed by atoms with van der Waals surface area (Å²) in [6.45, 7) is 0.829. The van der Waals surface area contributed by atoms with Crippen molar-refractivity contribution in [1.82, 2.24) is 10.2 Å². The van der Waals surface area contributed by atoms with Crippen molar-refractivity contribution in [2.24, 2.45) is 17.3 Å². The molecule has 1 aromatic rings. The third-order valence-electron chi connectivity index (χ3n) is 7.76. The summed E-state index contributed by atoms with van der Waals surface area (Å²) in [5.41, 5.74) is 1.06. The van der Waals surface area contributed by atoms with Gasteiger partial charge in [-0.15, -0.1) is 0 Å². The van der Waals surface area contributed by atoms with Crippen LogP contribution >= 0.6 is 0 Å². The number of carbonyl (C=O) groups excluding carboxylic acids is 1. The van der Waals surface area contributed by atoms with Gasteiger partial charge >= 0.3 is 0 Å². The Bertz CT molecular complexity index is 674. The fourth-order valence-corrected chi connectivity index (χ4v) is 5.67. The van der Waals surface area contributed by atoms with Crippen LogP contribution in [-0.4, -0.2) is 31.4 Å². The number of nitrogens with one attached hydrogen (secondary N) is 1. The molecule has 3 aliphatic rings. The lowest BCUT2D eigenvalue weighted by atomic mass is 9.59. The van der Waals surface area contributed by atoms with Crippen molar-refractivity contribution in [3.05, 3.63) is 35.6 Å². The minimum absolute atomic E-state index is 0.111. The summed E-state index contributed by atoms with van der Waals surface area (Å²) in [6.07, 6.45) is 9.04. The SMILES string of the molecule is CN(C)C1(c2cccc(F)c2)CCC2(CC1)CNC(=O)C2CC1CCC1. The molecule has 3 fully saturated rings. The molecular weight excluding hydrogens is 327 g/mol. The van der Waals surface area contributed by atoms with Crippen molar-refractivity contribution in [3.8, 4) is 0 Å². The zero-order valence-electron chi connectivity index (χ0n) is 16.1. The largest absolute Gasteiger partial charge is 0.355 e. The first-order chi connectivity index (χ1) is 12.5. The van der Waals surface area contributed by atoms with Gasteiger partial charge in [-0.05, 0) is 75.2 Å². The molecule has 1 amide bonds. The van der Waals surface area contributed by atoms with Gasteiger partial charge in [-0.2, -0.15) is 0 Å². The van der Waals surface area contributed by atoms with Crippen LogP contribution in [0.25, 0.3) is 0 Å². The molecule has 1 spiro atoms. The topological polar surface area (TPSA) is 32.3 Å². The molecular formula is C22H31FN2O. The summed E-state index contributed by atoms with van der Waals surface area (Å²) >= 11 is 0. The second-order valence-electron chi connectivity index (χ2n) is 9.10. The Balaban J connectivity index is 1.56. The molecule has 0 radical (unpaired) electrons. The summed E-state index contributed by atoms with van der Waals surface area (Å²) in [7, 11) is 4.21. The maximum atomic E-state index is 13.9. The molecule has 0 aromatic heterocycles. The Labute approximate surface area is 156 Å². The smallest absolute Gasteiger partial charge is 0.223 e. The number of hydrogen-bond acceptors (Lipinski definition) is 2. The average molecular weight is 359 g/mol. The van der Waals surface area contributed by atoms with Crippen LogP contribution in [-0.2, 0) is 10.3 Å². The van der Waals surface area contributed by atoms with Crippen molar-refractivity contribution < 1.29 is 9.18 Å². The maximum Gasteiger partial charge on any atom is 0.223 e. The van der Waals surface area contributed by atoms with Crippen molar-refractivity contribution in [1.29, 1.82) is 0 Å². The highest BCUT2D eigenvalue weighted by Gasteiger charge is 2.53. The molecule has 2 aliphatic carbocycles. The van der Waals surface area contributed by atoms with E-state index in [4.69, 9.17) is 0 Å². The summed E-state index contributed by atoms with van der Waals surface area (Å²) in [5, 5.41) is 3.18. The molecule has 1 aromatic carbocycles. The van der Waals surface area contributed by atoms with E-state index in [-0.39, 0.29) is 28.6 Å². The summed E-state index contributed by atoms with van der Waals surface area (Å²) in [6, 6.07) is 7.10. The van der Waals surface area contributed by atoms with E-state index in [0.717, 1.165) is 50.1 Å². The fraction of sp³-hybridized carbons (Fsp3) is 0.682. The van der Waals surface area contributed by atoms with E-state index in [1.807, 2.05) is 6.07 Å². The van der Waals surface area contributed by atoms with Crippen LogP contribution < -0.4 is 5.32 Å². The molecule has 1 unspecified atom stereocenters. The second kappa shape index (κ2) is 6.63. The van der Waals surface area contributed by atoms with E-state index < -0.39 is 0 Å². The minimum Gasteiger partial charge on any atom is -0.355 e. The highest BCUT2D eigenvalue weighted by molar-refractivity contribution is 5.82. The monoisotopic (exact) mass is 358 g/mol. The van der Waals surface area contributed by atoms with E-state index in [1.54, 1.807) is 6.07 Å². The second-order valence-corrected chi connectivity index (χ2v) is 9.10. The van der Waals surface area contributed by atoms with Crippen molar-refractivity contribution in [3.63, 3.8) is 0 Å². The number of hydrogen-bond donors (Lipinski definition) is 1. The first kappa shape index (κ1) is 18.0. The molecule has 142 valence electrons. The predicted molar refractivity (Wildman–Crippen MR) is 101 cm³/mol. The third-order valence-corrected chi connectivity index (χ3v) is 7.76. The van der Waals surface area contributed by atoms with Gasteiger partial charge in [-0.25, -0.2) is 4.39 Å². The van der Waals surface area contributed by atoms with Crippen LogP contribution in [0, 0.1) is 23.1 Å². The average Bonchev–Trinajstić information content (AvgIpc) is 2.88. The molecule has 2 saturated carbocycles. The number of nitrogens with zero attached hydrogens (tertiary/aromatic N) is 1.